The van der Waals surface area contributed by atoms with E-state index in [4.69, 9.17) is 0 Å². The summed E-state index contributed by atoms with van der Waals surface area (Å²) in [6, 6.07) is 13.6. The number of anilines is 1. The lowest BCUT2D eigenvalue weighted by Crippen LogP contribution is -2.40. The van der Waals surface area contributed by atoms with Crippen LogP contribution in [0.3, 0.4) is 0 Å². The zero-order chi connectivity index (χ0) is 22.4. The maximum Gasteiger partial charge on any atom is 0.335 e. The minimum Gasteiger partial charge on any atom is -0.478 e. The third-order valence-corrected chi connectivity index (χ3v) is 6.97. The highest BCUT2D eigenvalue weighted by molar-refractivity contribution is 6.02. The molecule has 1 aliphatic heterocycles. The summed E-state index contributed by atoms with van der Waals surface area (Å²) in [5.41, 5.74) is 5.70. The van der Waals surface area contributed by atoms with E-state index in [-0.39, 0.29) is 6.03 Å². The van der Waals surface area contributed by atoms with Crippen molar-refractivity contribution in [3.05, 3.63) is 53.6 Å². The molecule has 166 valence electrons. The van der Waals surface area contributed by atoms with Crippen LogP contribution in [0, 0.1) is 0 Å². The number of hydrogen-bond donors (Lipinski definition) is 1. The molecule has 0 unspecified atom stereocenters. The number of carbonyl (C=O) groups is 2. The summed E-state index contributed by atoms with van der Waals surface area (Å²) in [6.45, 7) is 1.15. The van der Waals surface area contributed by atoms with Gasteiger partial charge in [-0.15, -0.1) is 0 Å². The van der Waals surface area contributed by atoms with Gasteiger partial charge in [0, 0.05) is 43.7 Å². The van der Waals surface area contributed by atoms with Crippen molar-refractivity contribution in [3.63, 3.8) is 0 Å². The number of amides is 2. The van der Waals surface area contributed by atoms with Crippen molar-refractivity contribution >= 4 is 28.6 Å². The van der Waals surface area contributed by atoms with Crippen molar-refractivity contribution in [3.8, 4) is 11.3 Å². The Kier molecular flexibility index (Phi) is 5.16. The summed E-state index contributed by atoms with van der Waals surface area (Å²) in [4.78, 5) is 28.2. The Hall–Kier alpha value is -3.28. The summed E-state index contributed by atoms with van der Waals surface area (Å²) in [6.07, 6.45) is 6.01. The van der Waals surface area contributed by atoms with E-state index >= 15 is 0 Å². The van der Waals surface area contributed by atoms with Gasteiger partial charge in [0.25, 0.3) is 0 Å². The number of hydrogen-bond acceptors (Lipinski definition) is 2. The molecule has 2 amide bonds. The Morgan fingerprint density at radius 3 is 2.47 bits per heavy atom. The van der Waals surface area contributed by atoms with Gasteiger partial charge in [0.2, 0.25) is 0 Å². The zero-order valence-electron chi connectivity index (χ0n) is 18.7. The average molecular weight is 432 g/mol. The van der Waals surface area contributed by atoms with Gasteiger partial charge >= 0.3 is 12.0 Å². The summed E-state index contributed by atoms with van der Waals surface area (Å²) < 4.78 is 2.26. The molecule has 1 aromatic heterocycles. The number of benzene rings is 2. The van der Waals surface area contributed by atoms with Gasteiger partial charge in [-0.3, -0.25) is 4.90 Å². The van der Waals surface area contributed by atoms with E-state index in [1.807, 2.05) is 29.2 Å². The third-order valence-electron chi connectivity index (χ3n) is 6.97. The summed E-state index contributed by atoms with van der Waals surface area (Å²) >= 11 is 0. The highest BCUT2D eigenvalue weighted by Gasteiger charge is 2.32. The molecule has 32 heavy (non-hydrogen) atoms. The fourth-order valence-electron chi connectivity index (χ4n) is 5.51. The van der Waals surface area contributed by atoms with Gasteiger partial charge < -0.3 is 14.6 Å². The first kappa shape index (κ1) is 20.6. The maximum atomic E-state index is 13.0. The molecule has 1 N–H and O–H groups in total. The third kappa shape index (κ3) is 3.25. The molecule has 2 heterocycles. The minimum absolute atomic E-state index is 0.0436. The van der Waals surface area contributed by atoms with Crippen LogP contribution in [0.1, 0.15) is 53.9 Å². The first-order chi connectivity index (χ1) is 15.5. The van der Waals surface area contributed by atoms with Crippen molar-refractivity contribution in [1.29, 1.82) is 0 Å². The van der Waals surface area contributed by atoms with Gasteiger partial charge in [0.15, 0.2) is 0 Å². The SMILES string of the molecule is CN(C)C(=O)N1CCn2c(c(C3CCCCC3)c3ccc(C(=O)O)cc32)-c2ccccc21. The van der Waals surface area contributed by atoms with Crippen molar-refractivity contribution < 1.29 is 14.7 Å². The Bertz CT molecular complexity index is 1200. The van der Waals surface area contributed by atoms with Gasteiger partial charge in [-0.25, -0.2) is 9.59 Å². The largest absolute Gasteiger partial charge is 0.478 e. The highest BCUT2D eigenvalue weighted by atomic mass is 16.4. The van der Waals surface area contributed by atoms with Crippen LogP contribution in [0.15, 0.2) is 42.5 Å². The number of carboxylic acids is 1. The molecule has 3 aromatic rings. The Morgan fingerprint density at radius 1 is 1.00 bits per heavy atom. The second-order valence-corrected chi connectivity index (χ2v) is 9.13. The second-order valence-electron chi connectivity index (χ2n) is 9.13. The molecule has 0 radical (unpaired) electrons. The number of aromatic carboxylic acids is 1. The van der Waals surface area contributed by atoms with Crippen LogP contribution in [0.4, 0.5) is 10.5 Å². The van der Waals surface area contributed by atoms with Gasteiger partial charge in [-0.05, 0) is 42.5 Å². The zero-order valence-corrected chi connectivity index (χ0v) is 18.7. The smallest absolute Gasteiger partial charge is 0.335 e. The quantitative estimate of drug-likeness (QED) is 0.578. The van der Waals surface area contributed by atoms with Crippen LogP contribution >= 0.6 is 0 Å². The number of urea groups is 1. The first-order valence-corrected chi connectivity index (χ1v) is 11.4. The van der Waals surface area contributed by atoms with Crippen LogP contribution in [0.2, 0.25) is 0 Å². The Morgan fingerprint density at radius 2 is 1.75 bits per heavy atom. The van der Waals surface area contributed by atoms with E-state index in [0.29, 0.717) is 24.6 Å². The van der Waals surface area contributed by atoms with Crippen molar-refractivity contribution in [2.45, 2.75) is 44.6 Å². The van der Waals surface area contributed by atoms with Crippen molar-refractivity contribution in [2.24, 2.45) is 0 Å². The standard InChI is InChI=1S/C26H29N3O3/c1-27(2)26(32)29-15-14-28-22-16-18(25(30)31)12-13-19(22)23(17-8-4-3-5-9-17)24(28)20-10-6-7-11-21(20)29/h6-7,10-13,16-17H,3-5,8-9,14-15H2,1-2H3,(H,30,31). The molecule has 6 nitrogen and oxygen atoms in total. The lowest BCUT2D eigenvalue weighted by Gasteiger charge is -2.27. The van der Waals surface area contributed by atoms with E-state index in [9.17, 15) is 14.7 Å². The van der Waals surface area contributed by atoms with Gasteiger partial charge in [-0.2, -0.15) is 0 Å². The molecule has 2 aliphatic rings. The number of aromatic nitrogens is 1. The predicted molar refractivity (Wildman–Crippen MR) is 127 cm³/mol. The summed E-state index contributed by atoms with van der Waals surface area (Å²) in [5, 5.41) is 10.8. The number of carboxylic acid groups (broad SMARTS) is 1. The molecule has 0 atom stereocenters. The van der Waals surface area contributed by atoms with Gasteiger partial charge in [-0.1, -0.05) is 43.5 Å². The summed E-state index contributed by atoms with van der Waals surface area (Å²) in [7, 11) is 3.55. The topological polar surface area (TPSA) is 65.8 Å². The molecular weight excluding hydrogens is 402 g/mol. The minimum atomic E-state index is -0.917. The molecule has 5 rings (SSSR count). The van der Waals surface area contributed by atoms with E-state index in [0.717, 1.165) is 40.7 Å². The fourth-order valence-corrected chi connectivity index (χ4v) is 5.51. The van der Waals surface area contributed by atoms with E-state index < -0.39 is 5.97 Å². The van der Waals surface area contributed by atoms with Gasteiger partial charge in [0.1, 0.15) is 0 Å². The predicted octanol–water partition coefficient (Wildman–Crippen LogP) is 5.56. The lowest BCUT2D eigenvalue weighted by atomic mass is 9.81. The van der Waals surface area contributed by atoms with E-state index in [2.05, 4.69) is 10.6 Å². The lowest BCUT2D eigenvalue weighted by molar-refractivity contribution is 0.0697. The van der Waals surface area contributed by atoms with E-state index in [1.54, 1.807) is 31.1 Å². The Balaban J connectivity index is 1.80. The number of rotatable bonds is 2. The highest BCUT2D eigenvalue weighted by Crippen LogP contribution is 2.47. The molecule has 1 saturated carbocycles. The van der Waals surface area contributed by atoms with Crippen molar-refractivity contribution in [1.82, 2.24) is 9.47 Å². The fraction of sp³-hybridized carbons (Fsp3) is 0.385. The normalized spacial score (nSPS) is 16.4. The second kappa shape index (κ2) is 8.01. The number of para-hydroxylation sites is 1. The molecule has 1 fully saturated rings. The molecule has 6 heteroatoms. The molecule has 2 aromatic carbocycles. The first-order valence-electron chi connectivity index (χ1n) is 11.4. The number of nitrogens with zero attached hydrogens (tertiary/aromatic N) is 3. The molecule has 0 saturated heterocycles. The number of carbonyl (C=O) groups excluding carboxylic acids is 1. The molecular formula is C26H29N3O3. The maximum absolute atomic E-state index is 13.0. The van der Waals surface area contributed by atoms with E-state index in [1.165, 1.54) is 24.8 Å². The van der Waals surface area contributed by atoms with Crippen LogP contribution in [0.5, 0.6) is 0 Å². The average Bonchev–Trinajstić information content (AvgIpc) is 3.03. The molecule has 0 bridgehead atoms. The summed E-state index contributed by atoms with van der Waals surface area (Å²) in [5.74, 6) is -0.470. The van der Waals surface area contributed by atoms with Crippen LogP contribution < -0.4 is 4.90 Å². The number of fused-ring (bicyclic) bond motifs is 5. The van der Waals surface area contributed by atoms with Crippen LogP contribution in [0.25, 0.3) is 22.2 Å². The van der Waals surface area contributed by atoms with Gasteiger partial charge in [0.05, 0.1) is 16.9 Å². The van der Waals surface area contributed by atoms with Crippen molar-refractivity contribution in [2.75, 3.05) is 25.5 Å². The molecule has 0 spiro atoms. The Labute approximate surface area is 188 Å². The van der Waals surface area contributed by atoms with Crippen LogP contribution in [-0.2, 0) is 6.54 Å². The monoisotopic (exact) mass is 431 g/mol. The molecule has 1 aliphatic carbocycles. The van der Waals surface area contributed by atoms with Crippen LogP contribution in [-0.4, -0.2) is 47.2 Å².